The summed E-state index contributed by atoms with van der Waals surface area (Å²) in [6.45, 7) is 0. The quantitative estimate of drug-likeness (QED) is 0.840. The van der Waals surface area contributed by atoms with Crippen LogP contribution in [0, 0.1) is 5.41 Å². The molecule has 2 heteroatoms. The van der Waals surface area contributed by atoms with Crippen LogP contribution in [0.1, 0.15) is 37.7 Å². The van der Waals surface area contributed by atoms with Gasteiger partial charge >= 0.3 is 5.97 Å². The molecule has 0 saturated heterocycles. The summed E-state index contributed by atoms with van der Waals surface area (Å²) in [5, 5.41) is 9.03. The molecule has 0 atom stereocenters. The minimum atomic E-state index is -0.639. The first-order chi connectivity index (χ1) is 7.69. The molecular weight excluding hydrogens is 200 g/mol. The summed E-state index contributed by atoms with van der Waals surface area (Å²) in [6, 6.07) is 10.5. The monoisotopic (exact) mass is 216 g/mol. The highest BCUT2D eigenvalue weighted by atomic mass is 16.4. The summed E-state index contributed by atoms with van der Waals surface area (Å²) in [7, 11) is 0. The molecule has 1 N–H and O–H groups in total. The molecule has 2 fully saturated rings. The lowest BCUT2D eigenvalue weighted by molar-refractivity contribution is -0.138. The molecule has 0 aromatic heterocycles. The van der Waals surface area contributed by atoms with Crippen molar-refractivity contribution in [2.24, 2.45) is 5.41 Å². The molecule has 1 aromatic carbocycles. The maximum Gasteiger partial charge on any atom is 0.303 e. The van der Waals surface area contributed by atoms with E-state index in [4.69, 9.17) is 5.11 Å². The van der Waals surface area contributed by atoms with Crippen molar-refractivity contribution in [2.45, 2.75) is 37.5 Å². The van der Waals surface area contributed by atoms with Crippen molar-refractivity contribution in [3.8, 4) is 0 Å². The standard InChI is InChI=1S/C14H16O2/c15-12(16)10-13(6-7-13)14(8-9-14)11-4-2-1-3-5-11/h1-5H,6-10H2,(H,15,16). The van der Waals surface area contributed by atoms with Gasteiger partial charge in [-0.25, -0.2) is 0 Å². The summed E-state index contributed by atoms with van der Waals surface area (Å²) in [5.41, 5.74) is 1.64. The second kappa shape index (κ2) is 3.09. The first kappa shape index (κ1) is 9.88. The fraction of sp³-hybridized carbons (Fsp3) is 0.500. The van der Waals surface area contributed by atoms with Crippen LogP contribution in [0.5, 0.6) is 0 Å². The molecular formula is C14H16O2. The van der Waals surface area contributed by atoms with Crippen molar-refractivity contribution in [3.63, 3.8) is 0 Å². The zero-order valence-electron chi connectivity index (χ0n) is 9.28. The Balaban J connectivity index is 1.92. The number of carboxylic acid groups (broad SMARTS) is 1. The highest BCUT2D eigenvalue weighted by Gasteiger charge is 2.66. The van der Waals surface area contributed by atoms with Crippen molar-refractivity contribution in [2.75, 3.05) is 0 Å². The normalized spacial score (nSPS) is 23.8. The van der Waals surface area contributed by atoms with E-state index < -0.39 is 5.97 Å². The fourth-order valence-electron chi connectivity index (χ4n) is 3.27. The molecule has 1 aromatic rings. The molecule has 2 nitrogen and oxygen atoms in total. The highest BCUT2D eigenvalue weighted by Crippen LogP contribution is 2.72. The highest BCUT2D eigenvalue weighted by molar-refractivity contribution is 5.69. The lowest BCUT2D eigenvalue weighted by atomic mass is 9.77. The van der Waals surface area contributed by atoms with Crippen molar-refractivity contribution in [3.05, 3.63) is 35.9 Å². The van der Waals surface area contributed by atoms with Crippen molar-refractivity contribution >= 4 is 5.97 Å². The van der Waals surface area contributed by atoms with Gasteiger partial charge in [0.05, 0.1) is 6.42 Å². The Bertz CT molecular complexity index is 414. The predicted molar refractivity (Wildman–Crippen MR) is 61.3 cm³/mol. The first-order valence-corrected chi connectivity index (χ1v) is 5.96. The Labute approximate surface area is 95.3 Å². The smallest absolute Gasteiger partial charge is 0.303 e. The van der Waals surface area contributed by atoms with E-state index in [1.807, 2.05) is 6.07 Å². The van der Waals surface area contributed by atoms with Crippen molar-refractivity contribution in [1.82, 2.24) is 0 Å². The summed E-state index contributed by atoms with van der Waals surface area (Å²) in [4.78, 5) is 11.0. The van der Waals surface area contributed by atoms with Crippen LogP contribution in [0.4, 0.5) is 0 Å². The Morgan fingerprint density at radius 3 is 2.19 bits per heavy atom. The molecule has 0 unspecified atom stereocenters. The minimum absolute atomic E-state index is 0.0835. The molecule has 2 saturated carbocycles. The maximum absolute atomic E-state index is 11.0. The molecule has 0 heterocycles. The van der Waals surface area contributed by atoms with Gasteiger partial charge in [0.25, 0.3) is 0 Å². The number of aliphatic carboxylic acids is 1. The first-order valence-electron chi connectivity index (χ1n) is 5.96. The maximum atomic E-state index is 11.0. The molecule has 16 heavy (non-hydrogen) atoms. The average molecular weight is 216 g/mol. The zero-order valence-corrected chi connectivity index (χ0v) is 9.28. The number of carboxylic acids is 1. The van der Waals surface area contributed by atoms with Gasteiger partial charge < -0.3 is 5.11 Å². The second-order valence-corrected chi connectivity index (χ2v) is 5.30. The fourth-order valence-corrected chi connectivity index (χ4v) is 3.27. The van der Waals surface area contributed by atoms with Crippen LogP contribution in [-0.4, -0.2) is 11.1 Å². The topological polar surface area (TPSA) is 37.3 Å². The molecule has 0 radical (unpaired) electrons. The van der Waals surface area contributed by atoms with Crippen LogP contribution < -0.4 is 0 Å². The van der Waals surface area contributed by atoms with E-state index in [-0.39, 0.29) is 10.8 Å². The summed E-state index contributed by atoms with van der Waals surface area (Å²) < 4.78 is 0. The van der Waals surface area contributed by atoms with E-state index in [1.165, 1.54) is 18.4 Å². The summed E-state index contributed by atoms with van der Waals surface area (Å²) in [6.07, 6.45) is 4.87. The van der Waals surface area contributed by atoms with Crippen molar-refractivity contribution in [1.29, 1.82) is 0 Å². The number of rotatable bonds is 4. The van der Waals surface area contributed by atoms with Crippen molar-refractivity contribution < 1.29 is 9.90 Å². The van der Waals surface area contributed by atoms with Gasteiger partial charge in [-0.1, -0.05) is 30.3 Å². The van der Waals surface area contributed by atoms with Crippen LogP contribution in [0.15, 0.2) is 30.3 Å². The van der Waals surface area contributed by atoms with Gasteiger partial charge in [-0.3, -0.25) is 4.79 Å². The average Bonchev–Trinajstić information content (AvgIpc) is 3.12. The zero-order chi connectivity index (χ0) is 11.2. The van der Waals surface area contributed by atoms with Gasteiger partial charge in [0, 0.05) is 5.41 Å². The molecule has 2 aliphatic rings. The van der Waals surface area contributed by atoms with Gasteiger partial charge in [-0.2, -0.15) is 0 Å². The van der Waals surface area contributed by atoms with Gasteiger partial charge in [0.2, 0.25) is 0 Å². The molecule has 84 valence electrons. The van der Waals surface area contributed by atoms with E-state index in [0.29, 0.717) is 6.42 Å². The second-order valence-electron chi connectivity index (χ2n) is 5.30. The van der Waals surface area contributed by atoms with Gasteiger partial charge in [-0.05, 0) is 36.7 Å². The van der Waals surface area contributed by atoms with E-state index >= 15 is 0 Å². The molecule has 0 amide bonds. The molecule has 0 aliphatic heterocycles. The van der Waals surface area contributed by atoms with Gasteiger partial charge in [-0.15, -0.1) is 0 Å². The number of hydrogen-bond donors (Lipinski definition) is 1. The van der Waals surface area contributed by atoms with E-state index in [1.54, 1.807) is 0 Å². The van der Waals surface area contributed by atoms with Gasteiger partial charge in [0.15, 0.2) is 0 Å². The van der Waals surface area contributed by atoms with Gasteiger partial charge in [0.1, 0.15) is 0 Å². The lowest BCUT2D eigenvalue weighted by Gasteiger charge is -2.26. The Kier molecular flexibility index (Phi) is 1.91. The Morgan fingerprint density at radius 1 is 1.12 bits per heavy atom. The third-order valence-electron chi connectivity index (χ3n) is 4.43. The lowest BCUT2D eigenvalue weighted by Crippen LogP contribution is -2.24. The van der Waals surface area contributed by atoms with Crippen LogP contribution in [0.3, 0.4) is 0 Å². The van der Waals surface area contributed by atoms with Crippen LogP contribution in [0.2, 0.25) is 0 Å². The summed E-state index contributed by atoms with van der Waals surface area (Å²) in [5.74, 6) is -0.639. The third-order valence-corrected chi connectivity index (χ3v) is 4.43. The van der Waals surface area contributed by atoms with E-state index in [9.17, 15) is 4.79 Å². The van der Waals surface area contributed by atoms with E-state index in [2.05, 4.69) is 24.3 Å². The molecule has 3 rings (SSSR count). The minimum Gasteiger partial charge on any atom is -0.481 e. The van der Waals surface area contributed by atoms with Crippen LogP contribution in [0.25, 0.3) is 0 Å². The predicted octanol–water partition coefficient (Wildman–Crippen LogP) is 2.97. The third kappa shape index (κ3) is 1.29. The molecule has 2 aliphatic carbocycles. The van der Waals surface area contributed by atoms with Crippen LogP contribution >= 0.6 is 0 Å². The summed E-state index contributed by atoms with van der Waals surface area (Å²) >= 11 is 0. The molecule has 0 bridgehead atoms. The van der Waals surface area contributed by atoms with Crippen LogP contribution in [-0.2, 0) is 10.2 Å². The Hall–Kier alpha value is -1.31. The number of benzene rings is 1. The largest absolute Gasteiger partial charge is 0.481 e. The molecule has 0 spiro atoms. The SMILES string of the molecule is O=C(O)CC1(C2(c3ccccc3)CC2)CC1. The number of carbonyl (C=O) groups is 1. The van der Waals surface area contributed by atoms with E-state index in [0.717, 1.165) is 12.8 Å². The Morgan fingerprint density at radius 2 is 1.75 bits per heavy atom. The number of hydrogen-bond acceptors (Lipinski definition) is 1.